The first-order valence-electron chi connectivity index (χ1n) is 4.96. The molecule has 0 aromatic rings. The van der Waals surface area contributed by atoms with E-state index in [2.05, 4.69) is 26.1 Å². The summed E-state index contributed by atoms with van der Waals surface area (Å²) in [5.41, 5.74) is 0. The lowest BCUT2D eigenvalue weighted by molar-refractivity contribution is -0.124. The number of thioether (sulfide) groups is 1. The maximum absolute atomic E-state index is 11.3. The quantitative estimate of drug-likeness (QED) is 0.726. The number of hydrogen-bond donors (Lipinski definition) is 1. The van der Waals surface area contributed by atoms with Gasteiger partial charge >= 0.3 is 0 Å². The second-order valence-electron chi connectivity index (χ2n) is 4.23. The highest BCUT2D eigenvalue weighted by Crippen LogP contribution is 2.35. The van der Waals surface area contributed by atoms with Crippen molar-refractivity contribution in [1.82, 2.24) is 5.32 Å². The standard InChI is InChI=1S/C10H17NO2S/c1-4-5-10(2,3)14-7-6-8(12)11-9(7)13/h7H,4-6H2,1-3H3,(H,11,12,13). The van der Waals surface area contributed by atoms with E-state index < -0.39 is 0 Å². The normalized spacial score (nSPS) is 22.6. The van der Waals surface area contributed by atoms with Crippen LogP contribution in [-0.2, 0) is 9.59 Å². The van der Waals surface area contributed by atoms with Crippen molar-refractivity contribution in [1.29, 1.82) is 0 Å². The van der Waals surface area contributed by atoms with Crippen molar-refractivity contribution in [2.45, 2.75) is 50.0 Å². The predicted octanol–water partition coefficient (Wildman–Crippen LogP) is 1.71. The Morgan fingerprint density at radius 3 is 2.57 bits per heavy atom. The molecule has 2 amide bonds. The van der Waals surface area contributed by atoms with E-state index in [0.717, 1.165) is 12.8 Å². The van der Waals surface area contributed by atoms with Gasteiger partial charge < -0.3 is 0 Å². The Bertz CT molecular complexity index is 251. The lowest BCUT2D eigenvalue weighted by Crippen LogP contribution is -2.27. The molecule has 0 radical (unpaired) electrons. The molecule has 4 heteroatoms. The highest BCUT2D eigenvalue weighted by atomic mass is 32.2. The monoisotopic (exact) mass is 215 g/mol. The Hall–Kier alpha value is -0.510. The third-order valence-electron chi connectivity index (χ3n) is 2.24. The summed E-state index contributed by atoms with van der Waals surface area (Å²) >= 11 is 1.61. The number of carbonyl (C=O) groups is 2. The third-order valence-corrected chi connectivity index (χ3v) is 3.75. The molecule has 80 valence electrons. The zero-order valence-corrected chi connectivity index (χ0v) is 9.74. The highest BCUT2D eigenvalue weighted by molar-refractivity contribution is 8.02. The summed E-state index contributed by atoms with van der Waals surface area (Å²) in [6.07, 6.45) is 2.51. The molecule has 0 bridgehead atoms. The van der Waals surface area contributed by atoms with Crippen LogP contribution in [0.3, 0.4) is 0 Å². The maximum atomic E-state index is 11.3. The molecule has 1 N–H and O–H groups in total. The lowest BCUT2D eigenvalue weighted by Gasteiger charge is -2.25. The lowest BCUT2D eigenvalue weighted by atomic mass is 10.1. The first-order chi connectivity index (χ1) is 6.44. The Morgan fingerprint density at radius 2 is 2.14 bits per heavy atom. The number of carbonyl (C=O) groups excluding carboxylic acids is 2. The van der Waals surface area contributed by atoms with E-state index in [1.165, 1.54) is 0 Å². The summed E-state index contributed by atoms with van der Waals surface area (Å²) in [6.45, 7) is 6.37. The Balaban J connectivity index is 2.51. The Morgan fingerprint density at radius 1 is 1.50 bits per heavy atom. The second-order valence-corrected chi connectivity index (χ2v) is 6.14. The van der Waals surface area contributed by atoms with E-state index in [1.807, 2.05) is 0 Å². The average molecular weight is 215 g/mol. The molecule has 1 unspecified atom stereocenters. The van der Waals surface area contributed by atoms with Gasteiger partial charge in [-0.2, -0.15) is 0 Å². The molecule has 1 rings (SSSR count). The smallest absolute Gasteiger partial charge is 0.240 e. The highest BCUT2D eigenvalue weighted by Gasteiger charge is 2.35. The fourth-order valence-corrected chi connectivity index (χ4v) is 3.16. The summed E-state index contributed by atoms with van der Waals surface area (Å²) in [7, 11) is 0. The van der Waals surface area contributed by atoms with Gasteiger partial charge in [-0.1, -0.05) is 27.2 Å². The van der Waals surface area contributed by atoms with E-state index in [-0.39, 0.29) is 21.8 Å². The van der Waals surface area contributed by atoms with Gasteiger partial charge in [0.2, 0.25) is 11.8 Å². The van der Waals surface area contributed by atoms with Gasteiger partial charge in [0.05, 0.1) is 5.25 Å². The average Bonchev–Trinajstić information content (AvgIpc) is 2.28. The van der Waals surface area contributed by atoms with Crippen LogP contribution in [0.4, 0.5) is 0 Å². The van der Waals surface area contributed by atoms with Gasteiger partial charge in [-0.15, -0.1) is 11.8 Å². The summed E-state index contributed by atoms with van der Waals surface area (Å²) in [5.74, 6) is -0.260. The van der Waals surface area contributed by atoms with Crippen LogP contribution in [-0.4, -0.2) is 21.8 Å². The zero-order chi connectivity index (χ0) is 10.8. The van der Waals surface area contributed by atoms with E-state index in [1.54, 1.807) is 11.8 Å². The largest absolute Gasteiger partial charge is 0.295 e. The first kappa shape index (κ1) is 11.6. The number of nitrogens with one attached hydrogen (secondary N) is 1. The van der Waals surface area contributed by atoms with Crippen molar-refractivity contribution in [2.75, 3.05) is 0 Å². The minimum Gasteiger partial charge on any atom is -0.295 e. The van der Waals surface area contributed by atoms with Crippen LogP contribution in [0.1, 0.15) is 40.0 Å². The molecule has 1 heterocycles. The molecule has 1 atom stereocenters. The van der Waals surface area contributed by atoms with Gasteiger partial charge in [0.25, 0.3) is 0 Å². The summed E-state index contributed by atoms with van der Waals surface area (Å²) in [6, 6.07) is 0. The topological polar surface area (TPSA) is 46.2 Å². The third kappa shape index (κ3) is 3.01. The van der Waals surface area contributed by atoms with Gasteiger partial charge in [-0.05, 0) is 6.42 Å². The van der Waals surface area contributed by atoms with E-state index in [9.17, 15) is 9.59 Å². The number of imide groups is 1. The Kier molecular flexibility index (Phi) is 3.59. The molecule has 3 nitrogen and oxygen atoms in total. The second kappa shape index (κ2) is 4.34. The fraction of sp³-hybridized carbons (Fsp3) is 0.800. The van der Waals surface area contributed by atoms with Crippen molar-refractivity contribution < 1.29 is 9.59 Å². The van der Waals surface area contributed by atoms with Crippen molar-refractivity contribution in [3.8, 4) is 0 Å². The van der Waals surface area contributed by atoms with Crippen molar-refractivity contribution in [2.24, 2.45) is 0 Å². The van der Waals surface area contributed by atoms with Crippen LogP contribution in [0.5, 0.6) is 0 Å². The molecule has 0 aliphatic carbocycles. The van der Waals surface area contributed by atoms with Gasteiger partial charge in [-0.25, -0.2) is 0 Å². The number of rotatable bonds is 4. The zero-order valence-electron chi connectivity index (χ0n) is 8.92. The molecule has 1 fully saturated rings. The summed E-state index contributed by atoms with van der Waals surface area (Å²) < 4.78 is 0.0847. The predicted molar refractivity (Wildman–Crippen MR) is 58.1 cm³/mol. The van der Waals surface area contributed by atoms with Crippen LogP contribution in [0, 0.1) is 0 Å². The molecule has 1 saturated heterocycles. The first-order valence-corrected chi connectivity index (χ1v) is 5.84. The van der Waals surface area contributed by atoms with Gasteiger partial charge in [0.1, 0.15) is 0 Å². The van der Waals surface area contributed by atoms with Crippen LogP contribution in [0.25, 0.3) is 0 Å². The van der Waals surface area contributed by atoms with Gasteiger partial charge in [-0.3, -0.25) is 14.9 Å². The van der Waals surface area contributed by atoms with Crippen molar-refractivity contribution >= 4 is 23.6 Å². The van der Waals surface area contributed by atoms with Gasteiger partial charge in [0, 0.05) is 11.2 Å². The van der Waals surface area contributed by atoms with Gasteiger partial charge in [0.15, 0.2) is 0 Å². The molecule has 0 saturated carbocycles. The molecule has 14 heavy (non-hydrogen) atoms. The van der Waals surface area contributed by atoms with Crippen molar-refractivity contribution in [3.63, 3.8) is 0 Å². The molecular weight excluding hydrogens is 198 g/mol. The van der Waals surface area contributed by atoms with Crippen LogP contribution in [0.15, 0.2) is 0 Å². The molecule has 1 aliphatic rings. The SMILES string of the molecule is CCCC(C)(C)SC1CC(=O)NC1=O. The van der Waals surface area contributed by atoms with Crippen LogP contribution in [0.2, 0.25) is 0 Å². The summed E-state index contributed by atoms with van der Waals surface area (Å²) in [5, 5.41) is 2.16. The van der Waals surface area contributed by atoms with E-state index in [4.69, 9.17) is 0 Å². The van der Waals surface area contributed by atoms with E-state index >= 15 is 0 Å². The molecule has 0 aromatic heterocycles. The minimum absolute atomic E-state index is 0.0847. The molecular formula is C10H17NO2S. The Labute approximate surface area is 89.0 Å². The minimum atomic E-state index is -0.177. The molecule has 0 aromatic carbocycles. The van der Waals surface area contributed by atoms with Crippen LogP contribution < -0.4 is 5.32 Å². The maximum Gasteiger partial charge on any atom is 0.240 e. The van der Waals surface area contributed by atoms with Crippen molar-refractivity contribution in [3.05, 3.63) is 0 Å². The fourth-order valence-electron chi connectivity index (χ4n) is 1.67. The van der Waals surface area contributed by atoms with E-state index in [0.29, 0.717) is 6.42 Å². The molecule has 1 aliphatic heterocycles. The number of hydrogen-bond acceptors (Lipinski definition) is 3. The summed E-state index contributed by atoms with van der Waals surface area (Å²) in [4.78, 5) is 22.3. The van der Waals surface area contributed by atoms with Crippen LogP contribution >= 0.6 is 11.8 Å². The number of amides is 2. The molecule has 0 spiro atoms.